The summed E-state index contributed by atoms with van der Waals surface area (Å²) in [5.41, 5.74) is 0. The third-order valence-electron chi connectivity index (χ3n) is 0.840. The standard InChI is InChI=1S/C8H12O4/c1-3-5-11-8(10)12-6-4-7(2)9/h3-4,6-7,9H,1,5H2,2H3. The highest BCUT2D eigenvalue weighted by atomic mass is 16.7. The highest BCUT2D eigenvalue weighted by Crippen LogP contribution is 1.89. The Hall–Kier alpha value is -1.29. The second kappa shape index (κ2) is 6.42. The fourth-order valence-corrected chi connectivity index (χ4v) is 0.370. The predicted octanol–water partition coefficient (Wildman–Crippen LogP) is 1.22. The second-order valence-corrected chi connectivity index (χ2v) is 2.04. The quantitative estimate of drug-likeness (QED) is 0.393. The van der Waals surface area contributed by atoms with Gasteiger partial charge in [0.05, 0.1) is 12.4 Å². The number of rotatable bonds is 4. The minimum Gasteiger partial charge on any atom is -0.430 e. The first-order valence-electron chi connectivity index (χ1n) is 3.46. The van der Waals surface area contributed by atoms with E-state index in [0.717, 1.165) is 6.26 Å². The minimum atomic E-state index is -0.813. The lowest BCUT2D eigenvalue weighted by Gasteiger charge is -1.98. The highest BCUT2D eigenvalue weighted by Gasteiger charge is 1.98. The van der Waals surface area contributed by atoms with Crippen LogP contribution in [-0.4, -0.2) is 24.0 Å². The van der Waals surface area contributed by atoms with Crippen LogP contribution in [0.15, 0.2) is 25.0 Å². The van der Waals surface area contributed by atoms with Crippen molar-refractivity contribution < 1.29 is 19.4 Å². The van der Waals surface area contributed by atoms with Gasteiger partial charge in [-0.3, -0.25) is 0 Å². The first-order chi connectivity index (χ1) is 5.66. The summed E-state index contributed by atoms with van der Waals surface area (Å²) in [5.74, 6) is 0. The van der Waals surface area contributed by atoms with Crippen molar-refractivity contribution in [2.24, 2.45) is 0 Å². The molecular weight excluding hydrogens is 160 g/mol. The third kappa shape index (κ3) is 6.82. The average Bonchev–Trinajstić information content (AvgIpc) is 2.00. The second-order valence-electron chi connectivity index (χ2n) is 2.04. The lowest BCUT2D eigenvalue weighted by atomic mass is 10.4. The summed E-state index contributed by atoms with van der Waals surface area (Å²) in [4.78, 5) is 10.6. The molecule has 12 heavy (non-hydrogen) atoms. The van der Waals surface area contributed by atoms with Crippen LogP contribution in [0.5, 0.6) is 0 Å². The summed E-state index contributed by atoms with van der Waals surface area (Å²) in [7, 11) is 0. The Balaban J connectivity index is 3.49. The molecule has 0 aromatic rings. The van der Waals surface area contributed by atoms with Gasteiger partial charge in [0.2, 0.25) is 0 Å². The average molecular weight is 172 g/mol. The van der Waals surface area contributed by atoms with Gasteiger partial charge in [-0.05, 0) is 13.0 Å². The largest absolute Gasteiger partial charge is 0.513 e. The summed E-state index contributed by atoms with van der Waals surface area (Å²) in [6.45, 7) is 5.00. The van der Waals surface area contributed by atoms with Crippen molar-refractivity contribution in [3.8, 4) is 0 Å². The van der Waals surface area contributed by atoms with Crippen LogP contribution >= 0.6 is 0 Å². The Morgan fingerprint density at radius 1 is 1.75 bits per heavy atom. The van der Waals surface area contributed by atoms with E-state index in [1.54, 1.807) is 0 Å². The number of aliphatic hydroxyl groups excluding tert-OH is 1. The zero-order valence-corrected chi connectivity index (χ0v) is 6.90. The number of aliphatic hydroxyl groups is 1. The Morgan fingerprint density at radius 3 is 2.92 bits per heavy atom. The van der Waals surface area contributed by atoms with E-state index in [1.165, 1.54) is 19.1 Å². The smallest absolute Gasteiger partial charge is 0.430 e. The molecule has 0 saturated carbocycles. The molecular formula is C8H12O4. The van der Waals surface area contributed by atoms with Crippen molar-refractivity contribution >= 4 is 6.16 Å². The van der Waals surface area contributed by atoms with Crippen LogP contribution in [0.4, 0.5) is 4.79 Å². The molecule has 4 nitrogen and oxygen atoms in total. The van der Waals surface area contributed by atoms with E-state index in [2.05, 4.69) is 16.1 Å². The summed E-state index contributed by atoms with van der Waals surface area (Å²) in [6, 6.07) is 0. The molecule has 0 heterocycles. The van der Waals surface area contributed by atoms with Gasteiger partial charge < -0.3 is 14.6 Å². The molecule has 0 radical (unpaired) electrons. The van der Waals surface area contributed by atoms with E-state index >= 15 is 0 Å². The highest BCUT2D eigenvalue weighted by molar-refractivity contribution is 5.60. The van der Waals surface area contributed by atoms with Gasteiger partial charge in [0.15, 0.2) is 0 Å². The van der Waals surface area contributed by atoms with Gasteiger partial charge in [0.1, 0.15) is 6.61 Å². The predicted molar refractivity (Wildman–Crippen MR) is 43.5 cm³/mol. The Kier molecular flexibility index (Phi) is 5.73. The zero-order valence-electron chi connectivity index (χ0n) is 6.90. The van der Waals surface area contributed by atoms with E-state index < -0.39 is 12.3 Å². The Morgan fingerprint density at radius 2 is 2.42 bits per heavy atom. The molecule has 4 heteroatoms. The van der Waals surface area contributed by atoms with Gasteiger partial charge in [-0.25, -0.2) is 4.79 Å². The summed E-state index contributed by atoms with van der Waals surface area (Å²) in [5, 5.41) is 8.71. The summed E-state index contributed by atoms with van der Waals surface area (Å²) >= 11 is 0. The van der Waals surface area contributed by atoms with Crippen molar-refractivity contribution in [3.63, 3.8) is 0 Å². The molecule has 0 aliphatic heterocycles. The number of carbonyl (C=O) groups is 1. The molecule has 1 atom stereocenters. The fourth-order valence-electron chi connectivity index (χ4n) is 0.370. The first kappa shape index (κ1) is 10.7. The number of hydrogen-bond acceptors (Lipinski definition) is 4. The van der Waals surface area contributed by atoms with Gasteiger partial charge >= 0.3 is 6.16 Å². The maximum atomic E-state index is 10.6. The van der Waals surface area contributed by atoms with Crippen molar-refractivity contribution in [1.82, 2.24) is 0 Å². The van der Waals surface area contributed by atoms with E-state index in [4.69, 9.17) is 5.11 Å². The lowest BCUT2D eigenvalue weighted by Crippen LogP contribution is -2.03. The van der Waals surface area contributed by atoms with E-state index in [9.17, 15) is 4.79 Å². The topological polar surface area (TPSA) is 55.8 Å². The SMILES string of the molecule is C=CCOC(=O)OC=CC(C)O. The molecule has 0 aromatic heterocycles. The molecule has 0 bridgehead atoms. The lowest BCUT2D eigenvalue weighted by molar-refractivity contribution is 0.0936. The summed E-state index contributed by atoms with van der Waals surface area (Å²) < 4.78 is 8.87. The van der Waals surface area contributed by atoms with Crippen LogP contribution in [0.2, 0.25) is 0 Å². The van der Waals surface area contributed by atoms with Gasteiger partial charge in [0, 0.05) is 0 Å². The number of ether oxygens (including phenoxy) is 2. The minimum absolute atomic E-state index is 0.112. The zero-order chi connectivity index (χ0) is 9.40. The molecule has 0 aliphatic rings. The molecule has 1 N–H and O–H groups in total. The van der Waals surface area contributed by atoms with Crippen LogP contribution in [0.3, 0.4) is 0 Å². The molecule has 0 rings (SSSR count). The number of carbonyl (C=O) groups excluding carboxylic acids is 1. The molecule has 1 unspecified atom stereocenters. The molecule has 0 saturated heterocycles. The van der Waals surface area contributed by atoms with Crippen LogP contribution in [-0.2, 0) is 9.47 Å². The maximum Gasteiger partial charge on any atom is 0.513 e. The van der Waals surface area contributed by atoms with Crippen LogP contribution in [0.1, 0.15) is 6.92 Å². The third-order valence-corrected chi connectivity index (χ3v) is 0.840. The molecule has 0 aromatic carbocycles. The maximum absolute atomic E-state index is 10.6. The van der Waals surface area contributed by atoms with Gasteiger partial charge in [0.25, 0.3) is 0 Å². The van der Waals surface area contributed by atoms with Crippen LogP contribution < -0.4 is 0 Å². The molecule has 0 amide bonds. The van der Waals surface area contributed by atoms with Crippen molar-refractivity contribution in [3.05, 3.63) is 25.0 Å². The van der Waals surface area contributed by atoms with Gasteiger partial charge in [-0.2, -0.15) is 0 Å². The molecule has 0 spiro atoms. The molecule has 0 fully saturated rings. The van der Waals surface area contributed by atoms with Crippen molar-refractivity contribution in [2.45, 2.75) is 13.0 Å². The monoisotopic (exact) mass is 172 g/mol. The van der Waals surface area contributed by atoms with Crippen molar-refractivity contribution in [1.29, 1.82) is 0 Å². The summed E-state index contributed by atoms with van der Waals surface area (Å²) in [6.07, 6.45) is 2.37. The van der Waals surface area contributed by atoms with Gasteiger partial charge in [-0.1, -0.05) is 12.7 Å². The van der Waals surface area contributed by atoms with E-state index in [0.29, 0.717) is 0 Å². The van der Waals surface area contributed by atoms with Crippen molar-refractivity contribution in [2.75, 3.05) is 6.61 Å². The number of hydrogen-bond donors (Lipinski definition) is 1. The Labute approximate surface area is 71.1 Å². The fraction of sp³-hybridized carbons (Fsp3) is 0.375. The first-order valence-corrected chi connectivity index (χ1v) is 3.46. The molecule has 68 valence electrons. The van der Waals surface area contributed by atoms with Crippen LogP contribution in [0, 0.1) is 0 Å². The van der Waals surface area contributed by atoms with E-state index in [-0.39, 0.29) is 6.61 Å². The van der Waals surface area contributed by atoms with E-state index in [1.807, 2.05) is 0 Å². The Bertz CT molecular complexity index is 172. The van der Waals surface area contributed by atoms with Gasteiger partial charge in [-0.15, -0.1) is 0 Å². The molecule has 0 aliphatic carbocycles. The normalized spacial score (nSPS) is 12.5. The van der Waals surface area contributed by atoms with Crippen LogP contribution in [0.25, 0.3) is 0 Å².